The molecule has 0 saturated carbocycles. The number of aliphatic hydroxyl groups excluding tert-OH is 1. The van der Waals surface area contributed by atoms with Crippen LogP contribution in [0.4, 0.5) is 0 Å². The summed E-state index contributed by atoms with van der Waals surface area (Å²) in [5, 5.41) is 9.62. The maximum Gasteiger partial charge on any atom is 0.0798 e. The van der Waals surface area contributed by atoms with Crippen molar-refractivity contribution in [3.05, 3.63) is 0 Å². The maximum absolute atomic E-state index is 9.62. The first-order chi connectivity index (χ1) is 6.59. The molecule has 2 bridgehead atoms. The first kappa shape index (κ1) is 10.4. The van der Waals surface area contributed by atoms with Crippen LogP contribution in [0.25, 0.3) is 0 Å². The molecule has 3 heteroatoms. The van der Waals surface area contributed by atoms with Gasteiger partial charge in [0.15, 0.2) is 0 Å². The van der Waals surface area contributed by atoms with Crippen LogP contribution in [0, 0.1) is 11.8 Å². The van der Waals surface area contributed by atoms with Crippen LogP contribution in [0.15, 0.2) is 0 Å². The van der Waals surface area contributed by atoms with Gasteiger partial charge in [-0.15, -0.1) is 0 Å². The molecule has 82 valence electrons. The SMILES string of the molecule is C[C@H]1[C@H]2OCC(O)CC(O[C@H]1C)[C@@H]2C. The smallest absolute Gasteiger partial charge is 0.0798 e. The molecule has 3 nitrogen and oxygen atoms in total. The van der Waals surface area contributed by atoms with Crippen LogP contribution < -0.4 is 0 Å². The van der Waals surface area contributed by atoms with Gasteiger partial charge < -0.3 is 14.6 Å². The molecule has 6 atom stereocenters. The fourth-order valence-corrected chi connectivity index (χ4v) is 2.61. The van der Waals surface area contributed by atoms with Gasteiger partial charge in [-0.25, -0.2) is 0 Å². The lowest BCUT2D eigenvalue weighted by Gasteiger charge is -2.41. The molecule has 1 N–H and O–H groups in total. The summed E-state index contributed by atoms with van der Waals surface area (Å²) >= 11 is 0. The highest BCUT2D eigenvalue weighted by Gasteiger charge is 2.43. The quantitative estimate of drug-likeness (QED) is 0.638. The summed E-state index contributed by atoms with van der Waals surface area (Å²) in [5.74, 6) is 0.824. The lowest BCUT2D eigenvalue weighted by atomic mass is 9.82. The summed E-state index contributed by atoms with van der Waals surface area (Å²) in [5.41, 5.74) is 0. The first-order valence-corrected chi connectivity index (χ1v) is 5.54. The largest absolute Gasteiger partial charge is 0.391 e. The zero-order valence-electron chi connectivity index (χ0n) is 9.14. The van der Waals surface area contributed by atoms with Crippen LogP contribution in [0.2, 0.25) is 0 Å². The van der Waals surface area contributed by atoms with Crippen LogP contribution >= 0.6 is 0 Å². The Morgan fingerprint density at radius 3 is 2.57 bits per heavy atom. The number of hydrogen-bond acceptors (Lipinski definition) is 3. The van der Waals surface area contributed by atoms with Gasteiger partial charge in [0.05, 0.1) is 31.0 Å². The minimum Gasteiger partial charge on any atom is -0.391 e. The van der Waals surface area contributed by atoms with Gasteiger partial charge in [0, 0.05) is 18.3 Å². The monoisotopic (exact) mass is 200 g/mol. The Labute approximate surface area is 85.4 Å². The summed E-state index contributed by atoms with van der Waals surface area (Å²) < 4.78 is 11.6. The van der Waals surface area contributed by atoms with Crippen LogP contribution in [0.5, 0.6) is 0 Å². The molecule has 0 radical (unpaired) electrons. The lowest BCUT2D eigenvalue weighted by molar-refractivity contribution is -0.160. The second-order valence-electron chi connectivity index (χ2n) is 4.79. The van der Waals surface area contributed by atoms with E-state index in [0.717, 1.165) is 0 Å². The molecular formula is C11H20O3. The number of ether oxygens (including phenoxy) is 2. The Balaban J connectivity index is 2.17. The third kappa shape index (κ3) is 1.69. The Morgan fingerprint density at radius 1 is 1.14 bits per heavy atom. The van der Waals surface area contributed by atoms with E-state index in [1.165, 1.54) is 0 Å². The van der Waals surface area contributed by atoms with E-state index in [2.05, 4.69) is 20.8 Å². The summed E-state index contributed by atoms with van der Waals surface area (Å²) in [6.45, 7) is 6.89. The Morgan fingerprint density at radius 2 is 1.86 bits per heavy atom. The molecule has 14 heavy (non-hydrogen) atoms. The molecule has 0 aromatic rings. The molecule has 2 fully saturated rings. The molecular weight excluding hydrogens is 180 g/mol. The Bertz CT molecular complexity index is 207. The van der Waals surface area contributed by atoms with Crippen molar-refractivity contribution < 1.29 is 14.6 Å². The van der Waals surface area contributed by atoms with Gasteiger partial charge in [-0.05, 0) is 6.92 Å². The van der Waals surface area contributed by atoms with Crippen molar-refractivity contribution in [2.75, 3.05) is 6.61 Å². The molecule has 0 amide bonds. The molecule has 2 unspecified atom stereocenters. The second kappa shape index (κ2) is 3.80. The minimum absolute atomic E-state index is 0.170. The van der Waals surface area contributed by atoms with Crippen LogP contribution in [0.3, 0.4) is 0 Å². The predicted molar refractivity (Wildman–Crippen MR) is 53.0 cm³/mol. The van der Waals surface area contributed by atoms with E-state index in [0.29, 0.717) is 24.9 Å². The van der Waals surface area contributed by atoms with E-state index >= 15 is 0 Å². The molecule has 2 aliphatic heterocycles. The highest BCUT2D eigenvalue weighted by atomic mass is 16.5. The van der Waals surface area contributed by atoms with Crippen molar-refractivity contribution in [1.29, 1.82) is 0 Å². The number of rotatable bonds is 0. The van der Waals surface area contributed by atoms with E-state index in [-0.39, 0.29) is 24.4 Å². The van der Waals surface area contributed by atoms with E-state index in [9.17, 15) is 5.11 Å². The number of fused-ring (bicyclic) bond motifs is 2. The highest BCUT2D eigenvalue weighted by molar-refractivity contribution is 4.90. The topological polar surface area (TPSA) is 38.7 Å². The van der Waals surface area contributed by atoms with Crippen LogP contribution in [-0.4, -0.2) is 36.1 Å². The van der Waals surface area contributed by atoms with E-state index < -0.39 is 0 Å². The molecule has 0 aromatic heterocycles. The van der Waals surface area contributed by atoms with Crippen LogP contribution in [0.1, 0.15) is 27.2 Å². The summed E-state index contributed by atoms with van der Waals surface area (Å²) in [6, 6.07) is 0. The summed E-state index contributed by atoms with van der Waals surface area (Å²) in [6.07, 6.45) is 1.02. The summed E-state index contributed by atoms with van der Waals surface area (Å²) in [4.78, 5) is 0. The van der Waals surface area contributed by atoms with Gasteiger partial charge in [-0.1, -0.05) is 13.8 Å². The van der Waals surface area contributed by atoms with Gasteiger partial charge in [-0.2, -0.15) is 0 Å². The van der Waals surface area contributed by atoms with Crippen molar-refractivity contribution in [2.45, 2.75) is 51.6 Å². The number of aliphatic hydroxyl groups is 1. The molecule has 2 heterocycles. The van der Waals surface area contributed by atoms with E-state index in [1.807, 2.05) is 0 Å². The average molecular weight is 200 g/mol. The molecule has 0 aromatic carbocycles. The van der Waals surface area contributed by atoms with E-state index in [4.69, 9.17) is 9.47 Å². The lowest BCUT2D eigenvalue weighted by Crippen LogP contribution is -2.47. The fraction of sp³-hybridized carbons (Fsp3) is 1.00. The normalized spacial score (nSPS) is 54.0. The van der Waals surface area contributed by atoms with Crippen molar-refractivity contribution in [3.63, 3.8) is 0 Å². The third-order valence-corrected chi connectivity index (χ3v) is 3.74. The second-order valence-corrected chi connectivity index (χ2v) is 4.79. The fourth-order valence-electron chi connectivity index (χ4n) is 2.61. The first-order valence-electron chi connectivity index (χ1n) is 5.54. The van der Waals surface area contributed by atoms with Crippen molar-refractivity contribution >= 4 is 0 Å². The van der Waals surface area contributed by atoms with Crippen molar-refractivity contribution in [3.8, 4) is 0 Å². The van der Waals surface area contributed by atoms with Gasteiger partial charge in [0.1, 0.15) is 0 Å². The molecule has 2 aliphatic rings. The maximum atomic E-state index is 9.62. The predicted octanol–water partition coefficient (Wildman–Crippen LogP) is 1.20. The van der Waals surface area contributed by atoms with Gasteiger partial charge in [0.2, 0.25) is 0 Å². The Kier molecular flexibility index (Phi) is 2.82. The molecule has 0 aliphatic carbocycles. The third-order valence-electron chi connectivity index (χ3n) is 3.74. The van der Waals surface area contributed by atoms with Gasteiger partial charge >= 0.3 is 0 Å². The standard InChI is InChI=1S/C11H20O3/c1-6-8(3)14-10-4-9(12)5-13-11(6)7(10)2/h6-12H,4-5H2,1-3H3/t6-,7+,8+,9?,10?,11-/m1/s1. The zero-order valence-corrected chi connectivity index (χ0v) is 9.14. The summed E-state index contributed by atoms with van der Waals surface area (Å²) in [7, 11) is 0. The van der Waals surface area contributed by atoms with Gasteiger partial charge in [0.25, 0.3) is 0 Å². The molecule has 2 saturated heterocycles. The number of hydrogen-bond donors (Lipinski definition) is 1. The van der Waals surface area contributed by atoms with Gasteiger partial charge in [-0.3, -0.25) is 0 Å². The van der Waals surface area contributed by atoms with Crippen molar-refractivity contribution in [2.24, 2.45) is 11.8 Å². The van der Waals surface area contributed by atoms with Crippen LogP contribution in [-0.2, 0) is 9.47 Å². The van der Waals surface area contributed by atoms with Crippen molar-refractivity contribution in [1.82, 2.24) is 0 Å². The van der Waals surface area contributed by atoms with E-state index in [1.54, 1.807) is 0 Å². The Hall–Kier alpha value is -0.120. The molecule has 2 rings (SSSR count). The zero-order chi connectivity index (χ0) is 10.3. The molecule has 0 spiro atoms. The highest BCUT2D eigenvalue weighted by Crippen LogP contribution is 2.36. The average Bonchev–Trinajstić information content (AvgIpc) is 2.22. The minimum atomic E-state index is -0.357.